The fourth-order valence-electron chi connectivity index (χ4n) is 1.41. The quantitative estimate of drug-likeness (QED) is 0.587. The third kappa shape index (κ3) is 4.18. The lowest BCUT2D eigenvalue weighted by Crippen LogP contribution is -2.50. The molecule has 0 saturated carbocycles. The number of benzene rings is 1. The van der Waals surface area contributed by atoms with Gasteiger partial charge in [-0.05, 0) is 19.1 Å². The lowest BCUT2D eigenvalue weighted by atomic mass is 10.1. The fraction of sp³-hybridized carbons (Fsp3) is 0.538. The van der Waals surface area contributed by atoms with E-state index < -0.39 is 5.54 Å². The van der Waals surface area contributed by atoms with Crippen LogP contribution in [0.3, 0.4) is 0 Å². The zero-order valence-corrected chi connectivity index (χ0v) is 10.8. The summed E-state index contributed by atoms with van der Waals surface area (Å²) in [5.41, 5.74) is -0.676. The molecule has 5 heteroatoms. The molecule has 0 atom stereocenters. The van der Waals surface area contributed by atoms with E-state index >= 15 is 0 Å². The Morgan fingerprint density at radius 2 is 1.78 bits per heavy atom. The Morgan fingerprint density at radius 3 is 2.33 bits per heavy atom. The van der Waals surface area contributed by atoms with E-state index in [1.807, 2.05) is 24.3 Å². The van der Waals surface area contributed by atoms with Gasteiger partial charge in [-0.3, -0.25) is 0 Å². The molecular formula is C13H21NO4. The SMILES string of the molecule is COc1ccccc1OCCNC(C)(CO)CO. The summed E-state index contributed by atoms with van der Waals surface area (Å²) in [6.07, 6.45) is 0. The number of para-hydroxylation sites is 2. The van der Waals surface area contributed by atoms with E-state index in [4.69, 9.17) is 19.7 Å². The fourth-order valence-corrected chi connectivity index (χ4v) is 1.41. The molecule has 1 aromatic rings. The highest BCUT2D eigenvalue weighted by Gasteiger charge is 2.20. The van der Waals surface area contributed by atoms with Gasteiger partial charge in [0.05, 0.1) is 25.9 Å². The van der Waals surface area contributed by atoms with Crippen molar-refractivity contribution in [3.05, 3.63) is 24.3 Å². The van der Waals surface area contributed by atoms with E-state index in [9.17, 15) is 0 Å². The minimum Gasteiger partial charge on any atom is -0.493 e. The molecule has 0 saturated heterocycles. The first kappa shape index (κ1) is 14.8. The summed E-state index contributed by atoms with van der Waals surface area (Å²) in [5.74, 6) is 1.36. The second-order valence-electron chi connectivity index (χ2n) is 4.30. The highest BCUT2D eigenvalue weighted by Crippen LogP contribution is 2.25. The first-order valence-corrected chi connectivity index (χ1v) is 5.88. The molecule has 1 rings (SSSR count). The summed E-state index contributed by atoms with van der Waals surface area (Å²) in [4.78, 5) is 0. The predicted octanol–water partition coefficient (Wildman–Crippen LogP) is 0.407. The molecule has 0 radical (unpaired) electrons. The Hall–Kier alpha value is -1.30. The van der Waals surface area contributed by atoms with Crippen LogP contribution in [0.5, 0.6) is 11.5 Å². The zero-order valence-electron chi connectivity index (χ0n) is 10.8. The molecule has 0 aliphatic rings. The minimum atomic E-state index is -0.676. The second-order valence-corrected chi connectivity index (χ2v) is 4.30. The smallest absolute Gasteiger partial charge is 0.161 e. The van der Waals surface area contributed by atoms with Crippen molar-refractivity contribution < 1.29 is 19.7 Å². The topological polar surface area (TPSA) is 71.0 Å². The summed E-state index contributed by atoms with van der Waals surface area (Å²) in [5, 5.41) is 21.2. The molecule has 0 unspecified atom stereocenters. The van der Waals surface area contributed by atoms with Crippen LogP contribution in [0, 0.1) is 0 Å². The van der Waals surface area contributed by atoms with Gasteiger partial charge >= 0.3 is 0 Å². The number of hydrogen-bond acceptors (Lipinski definition) is 5. The summed E-state index contributed by atoms with van der Waals surface area (Å²) in [6.45, 7) is 2.44. The van der Waals surface area contributed by atoms with Crippen molar-refractivity contribution in [2.45, 2.75) is 12.5 Å². The van der Waals surface area contributed by atoms with Gasteiger partial charge in [0.2, 0.25) is 0 Å². The molecule has 18 heavy (non-hydrogen) atoms. The Labute approximate surface area is 107 Å². The Bertz CT molecular complexity index is 353. The average molecular weight is 255 g/mol. The van der Waals surface area contributed by atoms with Crippen molar-refractivity contribution in [1.82, 2.24) is 5.32 Å². The molecule has 0 spiro atoms. The van der Waals surface area contributed by atoms with Gasteiger partial charge in [0.15, 0.2) is 11.5 Å². The van der Waals surface area contributed by atoms with Gasteiger partial charge in [0.1, 0.15) is 6.61 Å². The van der Waals surface area contributed by atoms with Gasteiger partial charge in [0.25, 0.3) is 0 Å². The molecule has 3 N–H and O–H groups in total. The number of hydrogen-bond donors (Lipinski definition) is 3. The van der Waals surface area contributed by atoms with Crippen LogP contribution in [0.15, 0.2) is 24.3 Å². The van der Waals surface area contributed by atoms with Crippen LogP contribution in [0.25, 0.3) is 0 Å². The standard InChI is InChI=1S/C13H21NO4/c1-13(9-15,10-16)14-7-8-18-12-6-4-3-5-11(12)17-2/h3-6,14-16H,7-10H2,1-2H3. The summed E-state index contributed by atoms with van der Waals surface area (Å²) < 4.78 is 10.7. The molecule has 1 aromatic carbocycles. The molecule has 0 aliphatic heterocycles. The summed E-state index contributed by atoms with van der Waals surface area (Å²) >= 11 is 0. The number of rotatable bonds is 8. The van der Waals surface area contributed by atoms with Crippen LogP contribution in [-0.2, 0) is 0 Å². The van der Waals surface area contributed by atoms with E-state index in [2.05, 4.69) is 5.32 Å². The molecular weight excluding hydrogens is 234 g/mol. The van der Waals surface area contributed by atoms with Gasteiger partial charge < -0.3 is 25.0 Å². The largest absolute Gasteiger partial charge is 0.493 e. The van der Waals surface area contributed by atoms with Crippen molar-refractivity contribution in [3.63, 3.8) is 0 Å². The van der Waals surface area contributed by atoms with Crippen LogP contribution >= 0.6 is 0 Å². The monoisotopic (exact) mass is 255 g/mol. The lowest BCUT2D eigenvalue weighted by molar-refractivity contribution is 0.100. The van der Waals surface area contributed by atoms with E-state index in [0.29, 0.717) is 24.7 Å². The predicted molar refractivity (Wildman–Crippen MR) is 69.1 cm³/mol. The number of methoxy groups -OCH3 is 1. The van der Waals surface area contributed by atoms with Gasteiger partial charge in [-0.1, -0.05) is 12.1 Å². The number of aliphatic hydroxyl groups is 2. The summed E-state index contributed by atoms with van der Waals surface area (Å²) in [6, 6.07) is 7.40. The third-order valence-electron chi connectivity index (χ3n) is 2.68. The van der Waals surface area contributed by atoms with Crippen LogP contribution in [0.1, 0.15) is 6.92 Å². The van der Waals surface area contributed by atoms with Gasteiger partial charge in [0, 0.05) is 6.54 Å². The zero-order chi connectivity index (χ0) is 13.4. The van der Waals surface area contributed by atoms with Crippen LogP contribution in [0.4, 0.5) is 0 Å². The van der Waals surface area contributed by atoms with Crippen LogP contribution in [-0.4, -0.2) is 49.2 Å². The number of nitrogens with one attached hydrogen (secondary N) is 1. The minimum absolute atomic E-state index is 0.127. The highest BCUT2D eigenvalue weighted by atomic mass is 16.5. The highest BCUT2D eigenvalue weighted by molar-refractivity contribution is 5.39. The molecule has 0 aromatic heterocycles. The second kappa shape index (κ2) is 7.20. The Morgan fingerprint density at radius 1 is 1.17 bits per heavy atom. The maximum Gasteiger partial charge on any atom is 0.161 e. The molecule has 0 amide bonds. The maximum atomic E-state index is 9.10. The maximum absolute atomic E-state index is 9.10. The molecule has 0 heterocycles. The van der Waals surface area contributed by atoms with Crippen molar-refractivity contribution in [2.24, 2.45) is 0 Å². The van der Waals surface area contributed by atoms with Gasteiger partial charge in [-0.15, -0.1) is 0 Å². The van der Waals surface area contributed by atoms with Crippen LogP contribution in [0.2, 0.25) is 0 Å². The van der Waals surface area contributed by atoms with Gasteiger partial charge in [-0.25, -0.2) is 0 Å². The molecule has 5 nitrogen and oxygen atoms in total. The Kier molecular flexibility index (Phi) is 5.91. The third-order valence-corrected chi connectivity index (χ3v) is 2.68. The van der Waals surface area contributed by atoms with E-state index in [-0.39, 0.29) is 13.2 Å². The number of ether oxygens (including phenoxy) is 2. The lowest BCUT2D eigenvalue weighted by Gasteiger charge is -2.26. The first-order chi connectivity index (χ1) is 8.65. The van der Waals surface area contributed by atoms with Crippen molar-refractivity contribution in [2.75, 3.05) is 33.5 Å². The van der Waals surface area contributed by atoms with Crippen molar-refractivity contribution in [1.29, 1.82) is 0 Å². The Balaban J connectivity index is 2.38. The van der Waals surface area contributed by atoms with E-state index in [1.54, 1.807) is 14.0 Å². The molecule has 0 bridgehead atoms. The van der Waals surface area contributed by atoms with Crippen molar-refractivity contribution in [3.8, 4) is 11.5 Å². The molecule has 102 valence electrons. The first-order valence-electron chi connectivity index (χ1n) is 5.88. The number of aliphatic hydroxyl groups excluding tert-OH is 2. The summed E-state index contributed by atoms with van der Waals surface area (Å²) in [7, 11) is 1.59. The van der Waals surface area contributed by atoms with E-state index in [1.165, 1.54) is 0 Å². The van der Waals surface area contributed by atoms with Crippen LogP contribution < -0.4 is 14.8 Å². The molecule has 0 fully saturated rings. The molecule has 0 aliphatic carbocycles. The average Bonchev–Trinajstić information content (AvgIpc) is 2.43. The normalized spacial score (nSPS) is 11.3. The van der Waals surface area contributed by atoms with E-state index in [0.717, 1.165) is 0 Å². The van der Waals surface area contributed by atoms with Gasteiger partial charge in [-0.2, -0.15) is 0 Å². The van der Waals surface area contributed by atoms with Crippen molar-refractivity contribution >= 4 is 0 Å².